The second kappa shape index (κ2) is 2.69. The van der Waals surface area contributed by atoms with Gasteiger partial charge in [0.25, 0.3) is 0 Å². The predicted molar refractivity (Wildman–Crippen MR) is 42.4 cm³/mol. The molecule has 5 heteroatoms. The standard InChI is InChI=1S/C5H13F3Si2/c1-9(5(6,7)8)10(2,3)4/h9H,1-4H3. The summed E-state index contributed by atoms with van der Waals surface area (Å²) >= 11 is 0. The zero-order chi connectivity index (χ0) is 8.58. The van der Waals surface area contributed by atoms with E-state index in [0.717, 1.165) is 0 Å². The minimum absolute atomic E-state index is 1.41. The molecule has 1 unspecified atom stereocenters. The summed E-state index contributed by atoms with van der Waals surface area (Å²) in [6.07, 6.45) is 0. The third kappa shape index (κ3) is 2.87. The van der Waals surface area contributed by atoms with Crippen LogP contribution in [0.1, 0.15) is 0 Å². The van der Waals surface area contributed by atoms with Crippen molar-refractivity contribution in [1.82, 2.24) is 0 Å². The summed E-state index contributed by atoms with van der Waals surface area (Å²) in [5.41, 5.74) is 0. The van der Waals surface area contributed by atoms with Gasteiger partial charge < -0.3 is 0 Å². The second-order valence-corrected chi connectivity index (χ2v) is 18.3. The van der Waals surface area contributed by atoms with Crippen molar-refractivity contribution in [2.75, 3.05) is 0 Å². The minimum atomic E-state index is -3.86. The molecule has 62 valence electrons. The van der Waals surface area contributed by atoms with Crippen molar-refractivity contribution in [3.8, 4) is 0 Å². The molecule has 0 spiro atoms. The van der Waals surface area contributed by atoms with Crippen molar-refractivity contribution in [2.24, 2.45) is 0 Å². The van der Waals surface area contributed by atoms with Gasteiger partial charge in [0, 0.05) is 7.59 Å². The zero-order valence-electron chi connectivity index (χ0n) is 6.71. The van der Waals surface area contributed by atoms with E-state index in [4.69, 9.17) is 0 Å². The Kier molecular flexibility index (Phi) is 2.75. The first-order chi connectivity index (χ1) is 4.15. The van der Waals surface area contributed by atoms with Crippen LogP contribution < -0.4 is 0 Å². The summed E-state index contributed by atoms with van der Waals surface area (Å²) in [7, 11) is -4.32. The van der Waals surface area contributed by atoms with Crippen LogP contribution in [0.4, 0.5) is 13.2 Å². The molecule has 0 saturated heterocycles. The second-order valence-electron chi connectivity index (χ2n) is 3.63. The van der Waals surface area contributed by atoms with Crippen LogP contribution in [0.25, 0.3) is 0 Å². The van der Waals surface area contributed by atoms with Crippen LogP contribution in [0, 0.1) is 0 Å². The molecule has 0 nitrogen and oxygen atoms in total. The summed E-state index contributed by atoms with van der Waals surface area (Å²) in [4.78, 5) is 0. The number of rotatable bonds is 1. The molecule has 0 aliphatic rings. The van der Waals surface area contributed by atoms with Gasteiger partial charge in [-0.05, 0) is 0 Å². The molecule has 0 aromatic heterocycles. The Morgan fingerprint density at radius 3 is 1.40 bits per heavy atom. The first-order valence-electron chi connectivity index (χ1n) is 3.22. The minimum Gasteiger partial charge on any atom is -0.178 e. The molecule has 0 aromatic carbocycles. The van der Waals surface area contributed by atoms with Crippen LogP contribution in [0.15, 0.2) is 0 Å². The molecule has 0 saturated carbocycles. The molecule has 0 amide bonds. The summed E-state index contributed by atoms with van der Waals surface area (Å²) < 4.78 is 36.1. The Morgan fingerprint density at radius 2 is 1.40 bits per heavy atom. The lowest BCUT2D eigenvalue weighted by atomic mass is 11.5. The van der Waals surface area contributed by atoms with E-state index in [1.165, 1.54) is 6.55 Å². The van der Waals surface area contributed by atoms with E-state index in [-0.39, 0.29) is 0 Å². The Morgan fingerprint density at radius 1 is 1.10 bits per heavy atom. The maximum absolute atomic E-state index is 12.0. The highest BCUT2D eigenvalue weighted by Gasteiger charge is 2.45. The monoisotopic (exact) mass is 186 g/mol. The summed E-state index contributed by atoms with van der Waals surface area (Å²) in [5.74, 6) is -3.86. The number of halogens is 3. The van der Waals surface area contributed by atoms with Crippen LogP contribution in [-0.4, -0.2) is 21.7 Å². The van der Waals surface area contributed by atoms with E-state index >= 15 is 0 Å². The van der Waals surface area contributed by atoms with Crippen molar-refractivity contribution in [1.29, 1.82) is 0 Å². The van der Waals surface area contributed by atoms with Gasteiger partial charge in [0.15, 0.2) is 8.31 Å². The number of hydrogen-bond donors (Lipinski definition) is 0. The summed E-state index contributed by atoms with van der Waals surface area (Å²) in [6.45, 7) is 6.78. The molecular formula is C5H13F3Si2. The van der Waals surface area contributed by atoms with Gasteiger partial charge in [0.1, 0.15) is 0 Å². The molecule has 0 aliphatic carbocycles. The Labute approximate surface area is 61.8 Å². The van der Waals surface area contributed by atoms with Gasteiger partial charge in [-0.25, -0.2) is 0 Å². The van der Waals surface area contributed by atoms with Gasteiger partial charge in [-0.15, -0.1) is 0 Å². The van der Waals surface area contributed by atoms with Gasteiger partial charge >= 0.3 is 5.80 Å². The highest BCUT2D eigenvalue weighted by Crippen LogP contribution is 2.25. The average molecular weight is 186 g/mol. The van der Waals surface area contributed by atoms with Gasteiger partial charge in [-0.3, -0.25) is 0 Å². The van der Waals surface area contributed by atoms with E-state index in [2.05, 4.69) is 0 Å². The predicted octanol–water partition coefficient (Wildman–Crippen LogP) is 2.36. The third-order valence-electron chi connectivity index (χ3n) is 1.79. The maximum atomic E-state index is 12.0. The highest BCUT2D eigenvalue weighted by molar-refractivity contribution is 7.32. The zero-order valence-corrected chi connectivity index (χ0v) is 8.87. The molecular weight excluding hydrogens is 173 g/mol. The normalized spacial score (nSPS) is 17.1. The lowest BCUT2D eigenvalue weighted by Crippen LogP contribution is -2.51. The molecule has 1 atom stereocenters. The molecule has 0 N–H and O–H groups in total. The first-order valence-corrected chi connectivity index (χ1v) is 10.3. The smallest absolute Gasteiger partial charge is 0.178 e. The van der Waals surface area contributed by atoms with Crippen molar-refractivity contribution >= 4 is 15.9 Å². The lowest BCUT2D eigenvalue weighted by molar-refractivity contribution is -0.0487. The average Bonchev–Trinajstić information content (AvgIpc) is 1.59. The van der Waals surface area contributed by atoms with Crippen molar-refractivity contribution < 1.29 is 13.2 Å². The van der Waals surface area contributed by atoms with Gasteiger partial charge in [-0.2, -0.15) is 13.2 Å². The third-order valence-corrected chi connectivity index (χ3v) is 14.1. The van der Waals surface area contributed by atoms with E-state index < -0.39 is 21.7 Å². The Hall–Kier alpha value is 0.224. The van der Waals surface area contributed by atoms with Gasteiger partial charge in [0.05, 0.1) is 0 Å². The van der Waals surface area contributed by atoms with E-state index in [9.17, 15) is 13.2 Å². The Bertz CT molecular complexity index is 99.0. The van der Waals surface area contributed by atoms with Gasteiger partial charge in [-0.1, -0.05) is 26.2 Å². The fourth-order valence-corrected chi connectivity index (χ4v) is 4.42. The van der Waals surface area contributed by atoms with Crippen LogP contribution in [0.3, 0.4) is 0 Å². The van der Waals surface area contributed by atoms with Crippen LogP contribution in [0.5, 0.6) is 0 Å². The van der Waals surface area contributed by atoms with Crippen LogP contribution in [-0.2, 0) is 0 Å². The molecule has 0 aromatic rings. The van der Waals surface area contributed by atoms with E-state index in [1.807, 2.05) is 0 Å². The Balaban J connectivity index is 4.23. The molecule has 0 heterocycles. The fourth-order valence-electron chi connectivity index (χ4n) is 0.491. The van der Waals surface area contributed by atoms with Crippen LogP contribution in [0.2, 0.25) is 26.2 Å². The molecule has 0 radical (unpaired) electrons. The van der Waals surface area contributed by atoms with E-state index in [1.54, 1.807) is 19.6 Å². The number of alkyl halides is 3. The van der Waals surface area contributed by atoms with Gasteiger partial charge in [0.2, 0.25) is 0 Å². The molecule has 10 heavy (non-hydrogen) atoms. The largest absolute Gasteiger partial charge is 0.355 e. The summed E-state index contributed by atoms with van der Waals surface area (Å²) in [5, 5.41) is 0. The SMILES string of the molecule is C[SiH](C(F)(F)F)[Si](C)(C)C. The molecule has 0 fully saturated rings. The summed E-state index contributed by atoms with van der Waals surface area (Å²) in [6, 6.07) is 0. The van der Waals surface area contributed by atoms with Crippen molar-refractivity contribution in [3.05, 3.63) is 0 Å². The topological polar surface area (TPSA) is 0 Å². The van der Waals surface area contributed by atoms with Crippen molar-refractivity contribution in [2.45, 2.75) is 32.0 Å². The molecule has 0 rings (SSSR count). The van der Waals surface area contributed by atoms with Crippen molar-refractivity contribution in [3.63, 3.8) is 0 Å². The lowest BCUT2D eigenvalue weighted by Gasteiger charge is -2.25. The molecule has 0 bridgehead atoms. The maximum Gasteiger partial charge on any atom is 0.355 e. The highest BCUT2D eigenvalue weighted by atomic mass is 29.2. The fraction of sp³-hybridized carbons (Fsp3) is 1.00. The van der Waals surface area contributed by atoms with E-state index in [0.29, 0.717) is 0 Å². The number of hydrogen-bond acceptors (Lipinski definition) is 0. The molecule has 0 aliphatic heterocycles. The van der Waals surface area contributed by atoms with Crippen LogP contribution >= 0.6 is 0 Å². The first kappa shape index (κ1) is 10.2. The quantitative estimate of drug-likeness (QED) is 0.552.